The van der Waals surface area contributed by atoms with Crippen LogP contribution >= 0.6 is 0 Å². The minimum absolute atomic E-state index is 0.0313. The molecule has 1 aliphatic heterocycles. The summed E-state index contributed by atoms with van der Waals surface area (Å²) < 4.78 is 10.9. The average molecular weight is 345 g/mol. The van der Waals surface area contributed by atoms with Crippen LogP contribution in [0.5, 0.6) is 0 Å². The normalized spacial score (nSPS) is 39.4. The summed E-state index contributed by atoms with van der Waals surface area (Å²) in [4.78, 5) is 11.9. The molecule has 138 valence electrons. The topological polar surface area (TPSA) is 62.6 Å². The molecule has 0 aromatic carbocycles. The standard InChI is InChI=1S/C21H31NO3/c1-19(2)13-21(14-25-21)17(20(3)11-6-5-7-16(19)20)9-8-15(10-12-22)18(23)24-4/h8,16-17H,5-7,9-11,13-14H2,1-4H3/b15-8+/t16-,17-,20+,21-/m1/s1. The van der Waals surface area contributed by atoms with Crippen molar-refractivity contribution in [2.75, 3.05) is 13.7 Å². The fraction of sp³-hybridized carbons (Fsp3) is 0.810. The molecule has 3 aliphatic rings. The Hall–Kier alpha value is -1.34. The monoisotopic (exact) mass is 345 g/mol. The molecule has 3 rings (SSSR count). The summed E-state index contributed by atoms with van der Waals surface area (Å²) in [5, 5.41) is 9.02. The van der Waals surface area contributed by atoms with Crippen molar-refractivity contribution in [3.8, 4) is 6.07 Å². The van der Waals surface area contributed by atoms with Gasteiger partial charge in [-0.2, -0.15) is 5.26 Å². The Morgan fingerprint density at radius 2 is 2.08 bits per heavy atom. The van der Waals surface area contributed by atoms with Gasteiger partial charge in [-0.1, -0.05) is 39.7 Å². The van der Waals surface area contributed by atoms with E-state index in [2.05, 4.69) is 26.8 Å². The molecule has 0 radical (unpaired) electrons. The van der Waals surface area contributed by atoms with E-state index in [0.717, 1.165) is 19.4 Å². The summed E-state index contributed by atoms with van der Waals surface area (Å²) in [5.41, 5.74) is 0.989. The zero-order valence-corrected chi connectivity index (χ0v) is 16.1. The SMILES string of the molecule is COC(=O)/C(=C/C[C@H]1[C@]2(CO2)CC(C)(C)[C@H]2CCCC[C@@]21C)CC#N. The molecule has 0 bridgehead atoms. The molecule has 25 heavy (non-hydrogen) atoms. The fourth-order valence-electron chi connectivity index (χ4n) is 6.26. The Labute approximate surface area is 151 Å². The molecular formula is C21H31NO3. The Bertz CT molecular complexity index is 611. The minimum atomic E-state index is -0.381. The van der Waals surface area contributed by atoms with Crippen molar-refractivity contribution in [3.63, 3.8) is 0 Å². The number of esters is 1. The summed E-state index contributed by atoms with van der Waals surface area (Å²) in [6.45, 7) is 8.10. The first-order valence-electron chi connectivity index (χ1n) is 9.57. The number of hydrogen-bond donors (Lipinski definition) is 0. The summed E-state index contributed by atoms with van der Waals surface area (Å²) in [5.74, 6) is 0.727. The van der Waals surface area contributed by atoms with Gasteiger partial charge in [0.2, 0.25) is 0 Å². The van der Waals surface area contributed by atoms with E-state index in [1.165, 1.54) is 32.8 Å². The van der Waals surface area contributed by atoms with Crippen LogP contribution in [0, 0.1) is 34.0 Å². The fourth-order valence-corrected chi connectivity index (χ4v) is 6.26. The molecule has 0 amide bonds. The van der Waals surface area contributed by atoms with Gasteiger partial charge in [-0.15, -0.1) is 0 Å². The van der Waals surface area contributed by atoms with Crippen molar-refractivity contribution in [2.45, 2.75) is 71.3 Å². The average Bonchev–Trinajstić information content (AvgIpc) is 3.31. The first-order chi connectivity index (χ1) is 11.8. The van der Waals surface area contributed by atoms with Gasteiger partial charge in [0.25, 0.3) is 0 Å². The van der Waals surface area contributed by atoms with E-state index in [0.29, 0.717) is 22.8 Å². The predicted molar refractivity (Wildman–Crippen MR) is 95.6 cm³/mol. The lowest BCUT2D eigenvalue weighted by Crippen LogP contribution is -2.56. The van der Waals surface area contributed by atoms with Gasteiger partial charge >= 0.3 is 5.97 Å². The zero-order valence-electron chi connectivity index (χ0n) is 16.1. The summed E-state index contributed by atoms with van der Waals surface area (Å²) in [6.07, 6.45) is 9.10. The Morgan fingerprint density at radius 3 is 2.68 bits per heavy atom. The van der Waals surface area contributed by atoms with Gasteiger partial charge in [0.1, 0.15) is 0 Å². The Morgan fingerprint density at radius 1 is 1.36 bits per heavy atom. The van der Waals surface area contributed by atoms with E-state index < -0.39 is 0 Å². The van der Waals surface area contributed by atoms with Crippen molar-refractivity contribution in [1.82, 2.24) is 0 Å². The molecule has 4 atom stereocenters. The van der Waals surface area contributed by atoms with Crippen molar-refractivity contribution < 1.29 is 14.3 Å². The molecule has 2 aliphatic carbocycles. The summed E-state index contributed by atoms with van der Waals surface area (Å²) >= 11 is 0. The number of carbonyl (C=O) groups is 1. The van der Waals surface area contributed by atoms with E-state index >= 15 is 0 Å². The van der Waals surface area contributed by atoms with Crippen molar-refractivity contribution in [2.24, 2.45) is 22.7 Å². The molecular weight excluding hydrogens is 314 g/mol. The summed E-state index contributed by atoms with van der Waals surface area (Å²) in [6, 6.07) is 2.09. The van der Waals surface area contributed by atoms with Crippen LogP contribution in [-0.2, 0) is 14.3 Å². The van der Waals surface area contributed by atoms with Crippen molar-refractivity contribution in [3.05, 3.63) is 11.6 Å². The third kappa shape index (κ3) is 3.12. The Balaban J connectivity index is 1.91. The second-order valence-electron chi connectivity index (χ2n) is 9.17. The highest BCUT2D eigenvalue weighted by Crippen LogP contribution is 2.67. The molecule has 1 heterocycles. The van der Waals surface area contributed by atoms with Gasteiger partial charge in [-0.25, -0.2) is 4.79 Å². The molecule has 0 N–H and O–H groups in total. The lowest BCUT2D eigenvalue weighted by atomic mass is 9.45. The largest absolute Gasteiger partial charge is 0.466 e. The van der Waals surface area contributed by atoms with Crippen molar-refractivity contribution in [1.29, 1.82) is 5.26 Å². The van der Waals surface area contributed by atoms with E-state index in [4.69, 9.17) is 14.7 Å². The van der Waals surface area contributed by atoms with Gasteiger partial charge in [0.15, 0.2) is 0 Å². The maximum absolute atomic E-state index is 11.9. The predicted octanol–water partition coefficient (Wildman–Crippen LogP) is 4.40. The highest BCUT2D eigenvalue weighted by Gasteiger charge is 2.66. The molecule has 0 aromatic rings. The van der Waals surface area contributed by atoms with Gasteiger partial charge in [0, 0.05) is 5.57 Å². The summed E-state index contributed by atoms with van der Waals surface area (Å²) in [7, 11) is 1.38. The molecule has 0 unspecified atom stereocenters. The third-order valence-electron chi connectivity index (χ3n) is 7.22. The number of epoxide rings is 1. The highest BCUT2D eigenvalue weighted by atomic mass is 16.6. The molecule has 2 saturated carbocycles. The number of nitrogens with zero attached hydrogens (tertiary/aromatic N) is 1. The maximum atomic E-state index is 11.9. The second-order valence-corrected chi connectivity index (χ2v) is 9.17. The van der Waals surface area contributed by atoms with E-state index in [9.17, 15) is 4.79 Å². The van der Waals surface area contributed by atoms with E-state index in [1.54, 1.807) is 0 Å². The number of ether oxygens (including phenoxy) is 2. The van der Waals surface area contributed by atoms with Gasteiger partial charge in [0.05, 0.1) is 31.8 Å². The van der Waals surface area contributed by atoms with Crippen LogP contribution in [0.4, 0.5) is 0 Å². The highest BCUT2D eigenvalue weighted by molar-refractivity contribution is 5.88. The van der Waals surface area contributed by atoms with Crippen LogP contribution in [-0.4, -0.2) is 25.3 Å². The Kier molecular flexibility index (Phi) is 4.75. The van der Waals surface area contributed by atoms with Crippen LogP contribution in [0.3, 0.4) is 0 Å². The lowest BCUT2D eigenvalue weighted by Gasteiger charge is -2.60. The van der Waals surface area contributed by atoms with Gasteiger partial charge in [-0.05, 0) is 48.3 Å². The molecule has 3 fully saturated rings. The number of rotatable bonds is 4. The number of methoxy groups -OCH3 is 1. The third-order valence-corrected chi connectivity index (χ3v) is 7.22. The number of allylic oxidation sites excluding steroid dienone is 1. The first-order valence-corrected chi connectivity index (χ1v) is 9.57. The van der Waals surface area contributed by atoms with Crippen LogP contribution in [0.1, 0.15) is 65.7 Å². The van der Waals surface area contributed by atoms with Gasteiger partial charge < -0.3 is 9.47 Å². The van der Waals surface area contributed by atoms with Crippen LogP contribution < -0.4 is 0 Å². The van der Waals surface area contributed by atoms with Crippen LogP contribution in [0.15, 0.2) is 11.6 Å². The minimum Gasteiger partial charge on any atom is -0.466 e. The molecule has 0 aromatic heterocycles. The lowest BCUT2D eigenvalue weighted by molar-refractivity contribution is -0.136. The molecule has 1 spiro atoms. The van der Waals surface area contributed by atoms with Gasteiger partial charge in [-0.3, -0.25) is 0 Å². The number of nitriles is 1. The van der Waals surface area contributed by atoms with E-state index in [-0.39, 0.29) is 23.4 Å². The quantitative estimate of drug-likeness (QED) is 0.430. The molecule has 4 heteroatoms. The number of carbonyl (C=O) groups excluding carboxylic acids is 1. The van der Waals surface area contributed by atoms with Crippen LogP contribution in [0.2, 0.25) is 0 Å². The first kappa shape index (κ1) is 18.5. The smallest absolute Gasteiger partial charge is 0.334 e. The number of fused-ring (bicyclic) bond motifs is 1. The molecule has 4 nitrogen and oxygen atoms in total. The van der Waals surface area contributed by atoms with E-state index in [1.807, 2.05) is 6.08 Å². The number of hydrogen-bond acceptors (Lipinski definition) is 4. The van der Waals surface area contributed by atoms with Crippen LogP contribution in [0.25, 0.3) is 0 Å². The maximum Gasteiger partial charge on any atom is 0.334 e. The van der Waals surface area contributed by atoms with Crippen molar-refractivity contribution >= 4 is 5.97 Å². The zero-order chi connectivity index (χ0) is 18.3. The molecule has 1 saturated heterocycles. The second kappa shape index (κ2) is 6.43.